The molecule has 34 heavy (non-hydrogen) atoms. The van der Waals surface area contributed by atoms with E-state index in [1.54, 1.807) is 40.1 Å². The number of likely N-dealkylation sites (tertiary alicyclic amines) is 1. The average molecular weight is 479 g/mol. The number of carbonyl (C=O) groups excluding carboxylic acids is 1. The van der Waals surface area contributed by atoms with E-state index >= 15 is 0 Å². The molecule has 3 aliphatic heterocycles. The van der Waals surface area contributed by atoms with E-state index < -0.39 is 42.0 Å². The summed E-state index contributed by atoms with van der Waals surface area (Å²) in [5, 5.41) is 0. The van der Waals surface area contributed by atoms with Gasteiger partial charge in [-0.2, -0.15) is 0 Å². The first-order valence-electron chi connectivity index (χ1n) is 11.9. The quantitative estimate of drug-likeness (QED) is 0.517. The van der Waals surface area contributed by atoms with Gasteiger partial charge in [-0.1, -0.05) is 44.2 Å². The summed E-state index contributed by atoms with van der Waals surface area (Å²) in [6.07, 6.45) is -1.27. The van der Waals surface area contributed by atoms with Crippen molar-refractivity contribution in [2.75, 3.05) is 13.1 Å². The highest BCUT2D eigenvalue weighted by Gasteiger charge is 2.58. The summed E-state index contributed by atoms with van der Waals surface area (Å²) in [4.78, 5) is 16.8. The minimum absolute atomic E-state index is 0.206. The maximum Gasteiger partial charge on any atom is 0.258 e. The van der Waals surface area contributed by atoms with Gasteiger partial charge in [0.1, 0.15) is 17.9 Å². The lowest BCUT2D eigenvalue weighted by molar-refractivity contribution is -0.145. The topological polar surface area (TPSA) is 32.8 Å². The van der Waals surface area contributed by atoms with Crippen LogP contribution in [0, 0.1) is 11.6 Å². The Morgan fingerprint density at radius 2 is 1.59 bits per heavy atom. The van der Waals surface area contributed by atoms with Crippen molar-refractivity contribution in [3.8, 4) is 0 Å². The molecule has 8 heteroatoms. The molecule has 0 N–H and O–H groups in total. The smallest absolute Gasteiger partial charge is 0.258 e. The van der Waals surface area contributed by atoms with Gasteiger partial charge in [0.05, 0.1) is 12.1 Å². The number of ether oxygens (including phenoxy) is 1. The number of hydrogen-bond donors (Lipinski definition) is 0. The summed E-state index contributed by atoms with van der Waals surface area (Å²) in [6.45, 7) is 4.60. The third-order valence-electron chi connectivity index (χ3n) is 6.97. The molecule has 3 saturated heterocycles. The third-order valence-corrected chi connectivity index (χ3v) is 6.97. The van der Waals surface area contributed by atoms with Gasteiger partial charge in [-0.3, -0.25) is 9.69 Å². The van der Waals surface area contributed by atoms with E-state index in [1.165, 1.54) is 12.1 Å². The van der Waals surface area contributed by atoms with Gasteiger partial charge in [0.15, 0.2) is 5.60 Å². The summed E-state index contributed by atoms with van der Waals surface area (Å²) >= 11 is 0. The van der Waals surface area contributed by atoms with Gasteiger partial charge in [-0.25, -0.2) is 17.6 Å². The second kappa shape index (κ2) is 10.0. The Labute approximate surface area is 197 Å². The molecular weight excluding hydrogens is 448 g/mol. The first kappa shape index (κ1) is 24.7. The molecular formula is C26H30F4N2O2. The predicted molar refractivity (Wildman–Crippen MR) is 120 cm³/mol. The Morgan fingerprint density at radius 1 is 0.971 bits per heavy atom. The molecule has 5 rings (SSSR count). The van der Waals surface area contributed by atoms with Gasteiger partial charge in [0.2, 0.25) is 0 Å². The molecule has 0 aliphatic carbocycles. The number of benzene rings is 2. The maximum atomic E-state index is 13.9. The number of piperidine rings is 1. The molecule has 1 spiro atoms. The molecule has 0 aromatic heterocycles. The Balaban J connectivity index is 0.00000133. The first-order valence-corrected chi connectivity index (χ1v) is 11.9. The maximum absolute atomic E-state index is 13.9. The lowest BCUT2D eigenvalue weighted by atomic mass is 9.88. The minimum Gasteiger partial charge on any atom is -0.342 e. The highest BCUT2D eigenvalue weighted by Crippen LogP contribution is 2.48. The van der Waals surface area contributed by atoms with E-state index in [-0.39, 0.29) is 5.91 Å². The van der Waals surface area contributed by atoms with Crippen molar-refractivity contribution in [3.63, 3.8) is 0 Å². The number of fused-ring (bicyclic) bond motifs is 1. The van der Waals surface area contributed by atoms with Crippen LogP contribution in [0.25, 0.3) is 0 Å². The normalized spacial score (nSPS) is 24.8. The molecule has 3 aliphatic rings. The van der Waals surface area contributed by atoms with E-state index in [4.69, 9.17) is 4.74 Å². The average Bonchev–Trinajstić information content (AvgIpc) is 3.35. The highest BCUT2D eigenvalue weighted by molar-refractivity contribution is 5.88. The monoisotopic (exact) mass is 478 g/mol. The largest absolute Gasteiger partial charge is 0.342 e. The minimum atomic E-state index is -2.55. The lowest BCUT2D eigenvalue weighted by Crippen LogP contribution is -2.51. The van der Waals surface area contributed by atoms with Crippen molar-refractivity contribution < 1.29 is 27.1 Å². The van der Waals surface area contributed by atoms with Crippen LogP contribution in [-0.4, -0.2) is 47.1 Å². The molecule has 184 valence electrons. The van der Waals surface area contributed by atoms with Gasteiger partial charge in [-0.05, 0) is 48.9 Å². The standard InChI is InChI=1S/C24H24F4N2O2.C2H6/c25-17-12-16(13-18(26)14-17)19-6-7-20-30(19)23(31)24(32-20)8-10-29(11-9-24)21(22(27)28)15-4-2-1-3-5-15;1-2/h1-5,12-14,19-22H,6-11H2;1-2H3. The number of carbonyl (C=O) groups is 1. The lowest BCUT2D eigenvalue weighted by Gasteiger charge is -2.41. The fraction of sp³-hybridized carbons (Fsp3) is 0.500. The third kappa shape index (κ3) is 4.45. The number of halogens is 4. The molecule has 3 heterocycles. The number of amides is 1. The Hall–Kier alpha value is -2.45. The molecule has 3 fully saturated rings. The van der Waals surface area contributed by atoms with Crippen LogP contribution in [0.4, 0.5) is 17.6 Å². The van der Waals surface area contributed by atoms with Crippen LogP contribution in [-0.2, 0) is 9.53 Å². The van der Waals surface area contributed by atoms with Crippen molar-refractivity contribution in [1.29, 1.82) is 0 Å². The van der Waals surface area contributed by atoms with Crippen LogP contribution in [0.2, 0.25) is 0 Å². The molecule has 1 amide bonds. The van der Waals surface area contributed by atoms with E-state index in [1.807, 2.05) is 13.8 Å². The zero-order valence-corrected chi connectivity index (χ0v) is 19.4. The van der Waals surface area contributed by atoms with E-state index in [9.17, 15) is 22.4 Å². The number of nitrogens with zero attached hydrogens (tertiary/aromatic N) is 2. The Morgan fingerprint density at radius 3 is 2.18 bits per heavy atom. The molecule has 0 saturated carbocycles. The Bertz CT molecular complexity index is 975. The van der Waals surface area contributed by atoms with E-state index in [0.717, 1.165) is 6.07 Å². The highest BCUT2D eigenvalue weighted by atomic mass is 19.3. The van der Waals surface area contributed by atoms with Crippen molar-refractivity contribution >= 4 is 5.91 Å². The SMILES string of the molecule is CC.O=C1N2C(CCC2c2cc(F)cc(F)c2)OC12CCN(C(c1ccccc1)C(F)F)CC2. The molecule has 4 nitrogen and oxygen atoms in total. The van der Waals surface area contributed by atoms with Gasteiger partial charge >= 0.3 is 0 Å². The number of alkyl halides is 2. The first-order chi connectivity index (χ1) is 16.4. The Kier molecular flexibility index (Phi) is 7.28. The summed E-state index contributed by atoms with van der Waals surface area (Å²) in [7, 11) is 0. The van der Waals surface area contributed by atoms with Gasteiger partial charge in [0.25, 0.3) is 12.3 Å². The second-order valence-electron chi connectivity index (χ2n) is 8.80. The van der Waals surface area contributed by atoms with Gasteiger partial charge in [-0.15, -0.1) is 0 Å². The summed E-state index contributed by atoms with van der Waals surface area (Å²) in [5.41, 5.74) is -0.0982. The molecule has 0 radical (unpaired) electrons. The van der Waals surface area contributed by atoms with Crippen LogP contribution in [0.3, 0.4) is 0 Å². The molecule has 2 aromatic rings. The van der Waals surface area contributed by atoms with Crippen LogP contribution >= 0.6 is 0 Å². The fourth-order valence-electron chi connectivity index (χ4n) is 5.47. The van der Waals surface area contributed by atoms with E-state index in [2.05, 4.69) is 0 Å². The number of hydrogen-bond acceptors (Lipinski definition) is 3. The van der Waals surface area contributed by atoms with Crippen LogP contribution in [0.5, 0.6) is 0 Å². The molecule has 0 bridgehead atoms. The van der Waals surface area contributed by atoms with Crippen molar-refractivity contribution in [1.82, 2.24) is 9.80 Å². The van der Waals surface area contributed by atoms with E-state index in [0.29, 0.717) is 49.9 Å². The van der Waals surface area contributed by atoms with Crippen LogP contribution < -0.4 is 0 Å². The molecule has 3 atom stereocenters. The zero-order valence-electron chi connectivity index (χ0n) is 19.4. The zero-order chi connectivity index (χ0) is 24.5. The van der Waals surface area contributed by atoms with Crippen molar-refractivity contribution in [2.45, 2.75) is 69.9 Å². The van der Waals surface area contributed by atoms with Crippen LogP contribution in [0.1, 0.15) is 62.7 Å². The van der Waals surface area contributed by atoms with Crippen LogP contribution in [0.15, 0.2) is 48.5 Å². The van der Waals surface area contributed by atoms with Crippen molar-refractivity contribution in [2.24, 2.45) is 0 Å². The van der Waals surface area contributed by atoms with Crippen molar-refractivity contribution in [3.05, 3.63) is 71.3 Å². The fourth-order valence-corrected chi connectivity index (χ4v) is 5.47. The molecule has 3 unspecified atom stereocenters. The van der Waals surface area contributed by atoms with Gasteiger partial charge in [0, 0.05) is 19.2 Å². The van der Waals surface area contributed by atoms with Gasteiger partial charge < -0.3 is 9.64 Å². The second-order valence-corrected chi connectivity index (χ2v) is 8.80. The number of rotatable bonds is 4. The molecule has 2 aromatic carbocycles. The summed E-state index contributed by atoms with van der Waals surface area (Å²) in [6, 6.07) is 10.5. The summed E-state index contributed by atoms with van der Waals surface area (Å²) in [5.74, 6) is -1.57. The predicted octanol–water partition coefficient (Wildman–Crippen LogP) is 5.85. The summed E-state index contributed by atoms with van der Waals surface area (Å²) < 4.78 is 61.5.